The first-order valence-corrected chi connectivity index (χ1v) is 12.8. The molecule has 0 bridgehead atoms. The summed E-state index contributed by atoms with van der Waals surface area (Å²) in [6.45, 7) is 8.74. The van der Waals surface area contributed by atoms with Gasteiger partial charge in [-0.2, -0.15) is 8.78 Å². The Morgan fingerprint density at radius 3 is 2.43 bits per heavy atom. The molecule has 1 aromatic carbocycles. The van der Waals surface area contributed by atoms with Crippen LogP contribution in [0.2, 0.25) is 0 Å². The minimum atomic E-state index is -3.15. The molecule has 0 radical (unpaired) electrons. The zero-order chi connectivity index (χ0) is 27.5. The molecule has 1 aromatic rings. The third kappa shape index (κ3) is 6.27. The highest BCUT2D eigenvalue weighted by atomic mass is 19.3. The third-order valence-electron chi connectivity index (χ3n) is 7.22. The number of benzene rings is 1. The number of anilines is 1. The van der Waals surface area contributed by atoms with Crippen molar-refractivity contribution in [2.24, 2.45) is 5.92 Å². The lowest BCUT2D eigenvalue weighted by Crippen LogP contribution is -2.54. The number of carbonyl (C=O) groups excluding carboxylic acids is 4. The third-order valence-corrected chi connectivity index (χ3v) is 7.22. The highest BCUT2D eigenvalue weighted by molar-refractivity contribution is 6.05. The average molecular weight is 522 g/mol. The molecule has 37 heavy (non-hydrogen) atoms. The smallest absolute Gasteiger partial charge is 0.315 e. The molecule has 0 spiro atoms. The number of hydrogen-bond donors (Lipinski definition) is 1. The predicted octanol–water partition coefficient (Wildman–Crippen LogP) is 3.88. The minimum absolute atomic E-state index is 0.0447. The Labute approximate surface area is 216 Å². The van der Waals surface area contributed by atoms with E-state index in [1.165, 1.54) is 4.90 Å². The van der Waals surface area contributed by atoms with Crippen molar-refractivity contribution in [2.45, 2.75) is 90.8 Å². The van der Waals surface area contributed by atoms with Gasteiger partial charge in [0, 0.05) is 37.2 Å². The van der Waals surface area contributed by atoms with E-state index < -0.39 is 23.8 Å². The van der Waals surface area contributed by atoms with Gasteiger partial charge in [-0.3, -0.25) is 14.4 Å². The van der Waals surface area contributed by atoms with Crippen LogP contribution >= 0.6 is 0 Å². The van der Waals surface area contributed by atoms with Crippen molar-refractivity contribution in [1.82, 2.24) is 10.2 Å². The van der Waals surface area contributed by atoms with Crippen LogP contribution < -0.4 is 15.0 Å². The molecule has 0 unspecified atom stereocenters. The summed E-state index contributed by atoms with van der Waals surface area (Å²) in [6.07, 6.45) is 1.77. The molecule has 2 aliphatic rings. The molecule has 0 saturated heterocycles. The number of nitrogens with zero attached hydrogens (tertiary/aromatic N) is 2. The van der Waals surface area contributed by atoms with Crippen molar-refractivity contribution in [1.29, 1.82) is 0 Å². The molecule has 3 rings (SSSR count). The van der Waals surface area contributed by atoms with Crippen LogP contribution in [0.4, 0.5) is 14.5 Å². The fourth-order valence-electron chi connectivity index (χ4n) is 5.29. The SMILES string of the molecule is Cc1cc2c(cc1C(=O)N(C(C)C)C1CCC(CC=O)CC1)N(CCNC(=O)C(F)F)C(=O)C(C)(C)O2. The number of carbonyl (C=O) groups is 4. The highest BCUT2D eigenvalue weighted by Crippen LogP contribution is 2.40. The Kier molecular flexibility index (Phi) is 8.92. The van der Waals surface area contributed by atoms with Gasteiger partial charge in [0.05, 0.1) is 5.69 Å². The van der Waals surface area contributed by atoms with Crippen molar-refractivity contribution < 1.29 is 32.7 Å². The Bertz CT molecular complexity index is 1040. The summed E-state index contributed by atoms with van der Waals surface area (Å²) >= 11 is 0. The molecular formula is C27H37F2N3O5. The molecule has 0 aromatic heterocycles. The van der Waals surface area contributed by atoms with Crippen LogP contribution in [0.3, 0.4) is 0 Å². The minimum Gasteiger partial charge on any atom is -0.476 e. The van der Waals surface area contributed by atoms with Gasteiger partial charge >= 0.3 is 6.43 Å². The lowest BCUT2D eigenvalue weighted by molar-refractivity contribution is -0.133. The van der Waals surface area contributed by atoms with Gasteiger partial charge in [0.25, 0.3) is 17.7 Å². The summed E-state index contributed by atoms with van der Waals surface area (Å²) in [5.41, 5.74) is 0.283. The Hall–Kier alpha value is -3.04. The fourth-order valence-corrected chi connectivity index (χ4v) is 5.29. The Balaban J connectivity index is 1.90. The lowest BCUT2D eigenvalue weighted by atomic mass is 9.83. The summed E-state index contributed by atoms with van der Waals surface area (Å²) in [6, 6.07) is 3.33. The Morgan fingerprint density at radius 1 is 1.22 bits per heavy atom. The van der Waals surface area contributed by atoms with E-state index in [9.17, 15) is 28.0 Å². The van der Waals surface area contributed by atoms with Crippen molar-refractivity contribution in [3.05, 3.63) is 23.3 Å². The predicted molar refractivity (Wildman–Crippen MR) is 135 cm³/mol. The van der Waals surface area contributed by atoms with E-state index in [0.29, 0.717) is 34.9 Å². The van der Waals surface area contributed by atoms with Crippen molar-refractivity contribution >= 4 is 29.7 Å². The van der Waals surface area contributed by atoms with Crippen LogP contribution in [0.15, 0.2) is 12.1 Å². The van der Waals surface area contributed by atoms with E-state index in [-0.39, 0.29) is 31.1 Å². The quantitative estimate of drug-likeness (QED) is 0.498. The maximum Gasteiger partial charge on any atom is 0.315 e. The van der Waals surface area contributed by atoms with Gasteiger partial charge in [0.1, 0.15) is 12.0 Å². The molecule has 8 nitrogen and oxygen atoms in total. The standard InChI is InChI=1S/C27H37F2N3O5/c1-16(2)32(19-8-6-18(7-9-19)10-13-33)25(35)20-15-21-22(14-17(20)3)37-27(4,5)26(36)31(21)12-11-30-24(34)23(28)29/h13-16,18-19,23H,6-12H2,1-5H3,(H,30,34). The molecule has 1 fully saturated rings. The van der Waals surface area contributed by atoms with Crippen LogP contribution in [0, 0.1) is 12.8 Å². The second-order valence-electron chi connectivity index (χ2n) is 10.7. The zero-order valence-electron chi connectivity index (χ0n) is 22.2. The van der Waals surface area contributed by atoms with E-state index in [1.807, 2.05) is 25.7 Å². The maximum absolute atomic E-state index is 13.9. The summed E-state index contributed by atoms with van der Waals surface area (Å²) in [7, 11) is 0. The summed E-state index contributed by atoms with van der Waals surface area (Å²) in [5, 5.41) is 2.12. The number of hydrogen-bond acceptors (Lipinski definition) is 5. The van der Waals surface area contributed by atoms with Crippen LogP contribution in [-0.2, 0) is 14.4 Å². The number of amides is 3. The van der Waals surface area contributed by atoms with Crippen LogP contribution in [0.25, 0.3) is 0 Å². The molecule has 1 heterocycles. The van der Waals surface area contributed by atoms with E-state index in [2.05, 4.69) is 5.32 Å². The first-order chi connectivity index (χ1) is 17.4. The average Bonchev–Trinajstić information content (AvgIpc) is 2.82. The zero-order valence-corrected chi connectivity index (χ0v) is 22.2. The molecule has 3 amide bonds. The van der Waals surface area contributed by atoms with Crippen LogP contribution in [0.1, 0.15) is 75.7 Å². The number of fused-ring (bicyclic) bond motifs is 1. The molecular weight excluding hydrogens is 484 g/mol. The fraction of sp³-hybridized carbons (Fsp3) is 0.630. The van der Waals surface area contributed by atoms with Gasteiger partial charge in [-0.05, 0) is 83.9 Å². The summed E-state index contributed by atoms with van der Waals surface area (Å²) < 4.78 is 31.2. The van der Waals surface area contributed by atoms with Gasteiger partial charge in [0.15, 0.2) is 5.60 Å². The molecule has 1 N–H and O–H groups in total. The van der Waals surface area contributed by atoms with Gasteiger partial charge < -0.3 is 24.6 Å². The van der Waals surface area contributed by atoms with Gasteiger partial charge in [-0.15, -0.1) is 0 Å². The molecule has 204 valence electrons. The van der Waals surface area contributed by atoms with E-state index in [0.717, 1.165) is 32.0 Å². The van der Waals surface area contributed by atoms with Crippen molar-refractivity contribution in [2.75, 3.05) is 18.0 Å². The number of aldehydes is 1. The summed E-state index contributed by atoms with van der Waals surface area (Å²) in [5.74, 6) is -1.20. The van der Waals surface area contributed by atoms with Gasteiger partial charge in [-0.25, -0.2) is 0 Å². The molecule has 1 aliphatic heterocycles. The second-order valence-corrected chi connectivity index (χ2v) is 10.7. The number of nitrogens with one attached hydrogen (secondary N) is 1. The van der Waals surface area contributed by atoms with Gasteiger partial charge in [-0.1, -0.05) is 0 Å². The molecule has 10 heteroatoms. The number of halogens is 2. The maximum atomic E-state index is 13.9. The molecule has 1 aliphatic carbocycles. The topological polar surface area (TPSA) is 96.0 Å². The van der Waals surface area contributed by atoms with E-state index in [1.54, 1.807) is 26.0 Å². The second kappa shape index (κ2) is 11.6. The van der Waals surface area contributed by atoms with Crippen LogP contribution in [-0.4, -0.2) is 66.1 Å². The van der Waals surface area contributed by atoms with E-state index in [4.69, 9.17) is 4.74 Å². The first kappa shape index (κ1) is 28.5. The molecule has 1 saturated carbocycles. The number of aryl methyl sites for hydroxylation is 1. The number of ether oxygens (including phenoxy) is 1. The van der Waals surface area contributed by atoms with Crippen molar-refractivity contribution in [3.8, 4) is 5.75 Å². The Morgan fingerprint density at radius 2 is 1.86 bits per heavy atom. The first-order valence-electron chi connectivity index (χ1n) is 12.8. The monoisotopic (exact) mass is 521 g/mol. The lowest BCUT2D eigenvalue weighted by Gasteiger charge is -2.41. The largest absolute Gasteiger partial charge is 0.476 e. The normalized spacial score (nSPS) is 20.9. The number of alkyl halides is 2. The summed E-state index contributed by atoms with van der Waals surface area (Å²) in [4.78, 5) is 52.5. The van der Waals surface area contributed by atoms with E-state index >= 15 is 0 Å². The van der Waals surface area contributed by atoms with Crippen molar-refractivity contribution in [3.63, 3.8) is 0 Å². The molecule has 0 atom stereocenters. The van der Waals surface area contributed by atoms with Gasteiger partial charge in [0.2, 0.25) is 0 Å². The van der Waals surface area contributed by atoms with Crippen LogP contribution in [0.5, 0.6) is 5.75 Å². The number of rotatable bonds is 9. The highest BCUT2D eigenvalue weighted by Gasteiger charge is 2.42.